The van der Waals surface area contributed by atoms with Gasteiger partial charge >= 0.3 is 0 Å². The predicted molar refractivity (Wildman–Crippen MR) is 143 cm³/mol. The topological polar surface area (TPSA) is 0 Å². The predicted octanol–water partition coefficient (Wildman–Crippen LogP) is 6.33. The first kappa shape index (κ1) is 24.6. The van der Waals surface area contributed by atoms with E-state index in [1.165, 1.54) is 122 Å². The highest BCUT2D eigenvalue weighted by Crippen LogP contribution is 2.10. The monoisotopic (exact) mass is 428 g/mol. The minimum absolute atomic E-state index is 1.20. The first-order valence-electron chi connectivity index (χ1n) is 13.4. The average Bonchev–Trinajstić information content (AvgIpc) is 2.81. The molecule has 0 heterocycles. The molecule has 0 saturated heterocycles. The number of benzene rings is 2. The Labute approximate surface area is 196 Å². The highest BCUT2D eigenvalue weighted by Gasteiger charge is 2.03. The fourth-order valence-corrected chi connectivity index (χ4v) is 4.75. The van der Waals surface area contributed by atoms with Gasteiger partial charge in [-0.2, -0.15) is 0 Å². The minimum atomic E-state index is 1.20. The minimum Gasteiger partial charge on any atom is -0.0654 e. The summed E-state index contributed by atoms with van der Waals surface area (Å²) in [7, 11) is 0. The first-order valence-corrected chi connectivity index (χ1v) is 13.4. The van der Waals surface area contributed by atoms with E-state index in [4.69, 9.17) is 0 Å². The Hall–Kier alpha value is -2.08. The molecule has 0 aromatic heterocycles. The van der Waals surface area contributed by atoms with Gasteiger partial charge in [0.1, 0.15) is 0 Å². The second kappa shape index (κ2) is 14.1. The molecule has 0 unspecified atom stereocenters. The van der Waals surface area contributed by atoms with Crippen molar-refractivity contribution in [2.24, 2.45) is 0 Å². The summed E-state index contributed by atoms with van der Waals surface area (Å²) < 4.78 is 0. The summed E-state index contributed by atoms with van der Waals surface area (Å²) >= 11 is 0. The molecule has 172 valence electrons. The van der Waals surface area contributed by atoms with Crippen LogP contribution in [0.15, 0.2) is 36.4 Å². The lowest BCUT2D eigenvalue weighted by molar-refractivity contribution is 0.605. The molecular formula is C32H44. The van der Waals surface area contributed by atoms with Gasteiger partial charge in [-0.25, -0.2) is 0 Å². The molecule has 2 aromatic rings. The van der Waals surface area contributed by atoms with Gasteiger partial charge < -0.3 is 0 Å². The van der Waals surface area contributed by atoms with Crippen molar-refractivity contribution >= 4 is 24.3 Å². The summed E-state index contributed by atoms with van der Waals surface area (Å²) in [6.07, 6.45) is 28.0. The van der Waals surface area contributed by atoms with Crippen LogP contribution in [-0.2, 0) is 12.8 Å². The summed E-state index contributed by atoms with van der Waals surface area (Å²) in [5.41, 5.74) is 3.05. The summed E-state index contributed by atoms with van der Waals surface area (Å²) in [4.78, 5) is 0. The maximum absolute atomic E-state index is 2.50. The molecule has 0 spiro atoms. The first-order chi connectivity index (χ1) is 15.8. The molecule has 4 bridgehead atoms. The summed E-state index contributed by atoms with van der Waals surface area (Å²) in [5.74, 6) is 0. The SMILES string of the molecule is CCCCCCCCc1c/c2c(CCCCCCCC)c/c1=C/C=c1ccc(cc1)=C\C=2. The molecule has 0 amide bonds. The van der Waals surface area contributed by atoms with Gasteiger partial charge in [-0.05, 0) is 57.7 Å². The molecule has 0 heteroatoms. The van der Waals surface area contributed by atoms with Gasteiger partial charge in [-0.3, -0.25) is 0 Å². The second-order valence-electron chi connectivity index (χ2n) is 9.62. The van der Waals surface area contributed by atoms with E-state index in [2.05, 4.69) is 74.5 Å². The van der Waals surface area contributed by atoms with Crippen LogP contribution in [-0.4, -0.2) is 0 Å². The highest BCUT2D eigenvalue weighted by molar-refractivity contribution is 5.65. The van der Waals surface area contributed by atoms with E-state index in [-0.39, 0.29) is 0 Å². The lowest BCUT2D eigenvalue weighted by Crippen LogP contribution is -2.21. The average molecular weight is 429 g/mol. The molecule has 4 aliphatic rings. The lowest BCUT2D eigenvalue weighted by atomic mass is 9.96. The Morgan fingerprint density at radius 1 is 0.438 bits per heavy atom. The molecule has 0 nitrogen and oxygen atoms in total. The van der Waals surface area contributed by atoms with Crippen LogP contribution in [0.3, 0.4) is 0 Å². The maximum Gasteiger partial charge on any atom is -0.0221 e. The van der Waals surface area contributed by atoms with Crippen LogP contribution < -0.4 is 20.9 Å². The van der Waals surface area contributed by atoms with Gasteiger partial charge in [-0.15, -0.1) is 0 Å². The number of unbranched alkanes of at least 4 members (excludes halogenated alkanes) is 10. The van der Waals surface area contributed by atoms with Crippen molar-refractivity contribution in [3.8, 4) is 0 Å². The van der Waals surface area contributed by atoms with E-state index in [1.807, 2.05) is 0 Å². The normalized spacial score (nSPS) is 14.4. The third-order valence-corrected chi connectivity index (χ3v) is 6.85. The van der Waals surface area contributed by atoms with Gasteiger partial charge in [0.15, 0.2) is 0 Å². The Kier molecular flexibility index (Phi) is 10.9. The summed E-state index contributed by atoms with van der Waals surface area (Å²) in [6.45, 7) is 4.59. The number of aryl methyl sites for hydroxylation is 2. The van der Waals surface area contributed by atoms with Crippen molar-refractivity contribution in [2.45, 2.75) is 104 Å². The standard InChI is InChI=1S/C32H44/c1-3-5-7-9-11-13-15-29-25-32-24-22-28-19-17-27(18-20-28)21-23-31(29)26-30(32)16-14-12-10-8-6-4-2/h17-26H,3-16H2,1-2H3/b23-21?,24-22?,27-21?,28-22?,31-23-,32-24-. The van der Waals surface area contributed by atoms with Gasteiger partial charge in [0.25, 0.3) is 0 Å². The van der Waals surface area contributed by atoms with Crippen molar-refractivity contribution in [1.29, 1.82) is 0 Å². The molecule has 0 atom stereocenters. The molecule has 4 aliphatic carbocycles. The van der Waals surface area contributed by atoms with Crippen LogP contribution in [0.2, 0.25) is 0 Å². The molecule has 0 radical (unpaired) electrons. The van der Waals surface area contributed by atoms with Gasteiger partial charge in [-0.1, -0.05) is 139 Å². The number of hydrogen-bond acceptors (Lipinski definition) is 0. The van der Waals surface area contributed by atoms with Crippen molar-refractivity contribution in [3.05, 3.63) is 68.4 Å². The van der Waals surface area contributed by atoms with Crippen molar-refractivity contribution in [3.63, 3.8) is 0 Å². The molecule has 32 heavy (non-hydrogen) atoms. The second-order valence-corrected chi connectivity index (χ2v) is 9.62. The van der Waals surface area contributed by atoms with Crippen molar-refractivity contribution < 1.29 is 0 Å². The van der Waals surface area contributed by atoms with Crippen molar-refractivity contribution in [1.82, 2.24) is 0 Å². The van der Waals surface area contributed by atoms with E-state index in [0.29, 0.717) is 0 Å². The van der Waals surface area contributed by atoms with E-state index in [1.54, 1.807) is 0 Å². The van der Waals surface area contributed by atoms with Crippen LogP contribution in [0.25, 0.3) is 24.3 Å². The molecule has 0 aliphatic heterocycles. The Balaban J connectivity index is 1.83. The Morgan fingerprint density at radius 3 is 1.22 bits per heavy atom. The Morgan fingerprint density at radius 2 is 0.812 bits per heavy atom. The van der Waals surface area contributed by atoms with E-state index in [9.17, 15) is 0 Å². The number of rotatable bonds is 14. The molecule has 6 rings (SSSR count). The number of hydrogen-bond donors (Lipinski definition) is 0. The zero-order valence-corrected chi connectivity index (χ0v) is 20.7. The Bertz CT molecular complexity index is 944. The third kappa shape index (κ3) is 8.12. The highest BCUT2D eigenvalue weighted by atomic mass is 14.1. The third-order valence-electron chi connectivity index (χ3n) is 6.85. The van der Waals surface area contributed by atoms with Gasteiger partial charge in [0.2, 0.25) is 0 Å². The maximum atomic E-state index is 2.50. The molecule has 2 aromatic carbocycles. The largest absolute Gasteiger partial charge is 0.0654 e. The van der Waals surface area contributed by atoms with Crippen LogP contribution >= 0.6 is 0 Å². The van der Waals surface area contributed by atoms with Crippen LogP contribution in [0.4, 0.5) is 0 Å². The van der Waals surface area contributed by atoms with Crippen LogP contribution in [0.1, 0.15) is 102 Å². The zero-order chi connectivity index (χ0) is 22.4. The van der Waals surface area contributed by atoms with Gasteiger partial charge in [0.05, 0.1) is 0 Å². The molecule has 0 saturated carbocycles. The summed E-state index contributed by atoms with van der Waals surface area (Å²) in [6, 6.07) is 13.9. The molecular weight excluding hydrogens is 384 g/mol. The van der Waals surface area contributed by atoms with Crippen molar-refractivity contribution in [2.75, 3.05) is 0 Å². The molecule has 0 fully saturated rings. The zero-order valence-electron chi connectivity index (χ0n) is 20.7. The van der Waals surface area contributed by atoms with Crippen LogP contribution in [0, 0.1) is 0 Å². The quantitative estimate of drug-likeness (QED) is 0.309. The molecule has 0 N–H and O–H groups in total. The van der Waals surface area contributed by atoms with E-state index >= 15 is 0 Å². The fraction of sp³-hybridized carbons (Fsp3) is 0.500. The fourth-order valence-electron chi connectivity index (χ4n) is 4.75. The van der Waals surface area contributed by atoms with E-state index in [0.717, 1.165) is 0 Å². The van der Waals surface area contributed by atoms with Crippen LogP contribution in [0.5, 0.6) is 0 Å². The lowest BCUT2D eigenvalue weighted by Gasteiger charge is -2.09. The smallest absolute Gasteiger partial charge is 0.0221 e. The van der Waals surface area contributed by atoms with Gasteiger partial charge in [0, 0.05) is 0 Å². The van der Waals surface area contributed by atoms with E-state index < -0.39 is 0 Å². The summed E-state index contributed by atoms with van der Waals surface area (Å²) in [5, 5.41) is 5.44.